The molecule has 3 rings (SSSR count). The maximum absolute atomic E-state index is 11.0. The Hall–Kier alpha value is -2.21. The number of aromatic nitrogens is 2. The Kier molecular flexibility index (Phi) is 3.70. The van der Waals surface area contributed by atoms with Gasteiger partial charge in [0, 0.05) is 6.54 Å². The molecule has 1 fully saturated rings. The summed E-state index contributed by atoms with van der Waals surface area (Å²) < 4.78 is 5.41. The van der Waals surface area contributed by atoms with Gasteiger partial charge >= 0.3 is 5.97 Å². The number of fused-ring (bicyclic) bond motifs is 1. The number of benzene rings is 1. The highest BCUT2D eigenvalue weighted by Crippen LogP contribution is 2.24. The Balaban J connectivity index is 2.00. The minimum atomic E-state index is -0.832. The van der Waals surface area contributed by atoms with E-state index in [4.69, 9.17) is 9.84 Å². The lowest BCUT2D eigenvalue weighted by atomic mass is 10.1. The lowest BCUT2D eigenvalue weighted by molar-refractivity contribution is -0.138. The molecular weight excluding hydrogens is 270 g/mol. The van der Waals surface area contributed by atoms with E-state index < -0.39 is 5.97 Å². The van der Waals surface area contributed by atoms with Crippen LogP contribution in [0, 0.1) is 6.92 Å². The second-order valence-corrected chi connectivity index (χ2v) is 5.14. The van der Waals surface area contributed by atoms with Gasteiger partial charge in [0.1, 0.15) is 0 Å². The molecule has 0 saturated carbocycles. The van der Waals surface area contributed by atoms with Gasteiger partial charge in [-0.05, 0) is 19.1 Å². The molecule has 110 valence electrons. The van der Waals surface area contributed by atoms with Crippen LogP contribution in [0.2, 0.25) is 0 Å². The predicted octanol–water partition coefficient (Wildman–Crippen LogP) is 1.62. The summed E-state index contributed by atoms with van der Waals surface area (Å²) in [5.74, 6) is -0.0786. The number of hydrogen-bond donors (Lipinski definition) is 1. The quantitative estimate of drug-likeness (QED) is 0.924. The summed E-state index contributed by atoms with van der Waals surface area (Å²) in [6.45, 7) is 3.51. The van der Waals surface area contributed by atoms with E-state index in [1.54, 1.807) is 0 Å². The second-order valence-electron chi connectivity index (χ2n) is 5.14. The van der Waals surface area contributed by atoms with Crippen LogP contribution >= 0.6 is 0 Å². The number of ether oxygens (including phenoxy) is 1. The zero-order chi connectivity index (χ0) is 14.8. The summed E-state index contributed by atoms with van der Waals surface area (Å²) in [7, 11) is 0. The Morgan fingerprint density at radius 3 is 2.81 bits per heavy atom. The number of aryl methyl sites for hydroxylation is 1. The number of carboxylic acid groups (broad SMARTS) is 1. The smallest absolute Gasteiger partial charge is 0.305 e. The van der Waals surface area contributed by atoms with Crippen LogP contribution in [0.1, 0.15) is 12.1 Å². The summed E-state index contributed by atoms with van der Waals surface area (Å²) >= 11 is 0. The van der Waals surface area contributed by atoms with Gasteiger partial charge in [-0.3, -0.25) is 4.79 Å². The molecule has 1 aliphatic rings. The molecule has 2 heterocycles. The van der Waals surface area contributed by atoms with E-state index >= 15 is 0 Å². The molecule has 1 N–H and O–H groups in total. The number of carboxylic acids is 1. The molecule has 1 atom stereocenters. The van der Waals surface area contributed by atoms with E-state index in [9.17, 15) is 4.79 Å². The van der Waals surface area contributed by atoms with Crippen molar-refractivity contribution in [3.8, 4) is 0 Å². The fourth-order valence-corrected chi connectivity index (χ4v) is 2.66. The lowest BCUT2D eigenvalue weighted by Crippen LogP contribution is -2.47. The monoisotopic (exact) mass is 287 g/mol. The summed E-state index contributed by atoms with van der Waals surface area (Å²) in [6.07, 6.45) is 0.0357. The third-order valence-corrected chi connectivity index (χ3v) is 3.63. The fraction of sp³-hybridized carbons (Fsp3) is 0.400. The van der Waals surface area contributed by atoms with Crippen molar-refractivity contribution < 1.29 is 14.6 Å². The maximum atomic E-state index is 11.0. The Bertz CT molecular complexity index is 674. The molecule has 1 aliphatic heterocycles. The van der Waals surface area contributed by atoms with E-state index in [-0.39, 0.29) is 12.5 Å². The van der Waals surface area contributed by atoms with Gasteiger partial charge in [-0.2, -0.15) is 0 Å². The summed E-state index contributed by atoms with van der Waals surface area (Å²) in [6, 6.07) is 7.48. The first-order chi connectivity index (χ1) is 10.1. The molecule has 2 aromatic rings. The first-order valence-corrected chi connectivity index (χ1v) is 6.94. The van der Waals surface area contributed by atoms with Crippen molar-refractivity contribution >= 4 is 22.8 Å². The number of morpholine rings is 1. The van der Waals surface area contributed by atoms with Gasteiger partial charge in [0.05, 0.1) is 42.4 Å². The van der Waals surface area contributed by atoms with Crippen molar-refractivity contribution in [2.75, 3.05) is 24.7 Å². The van der Waals surface area contributed by atoms with Crippen molar-refractivity contribution in [3.63, 3.8) is 0 Å². The number of aliphatic carboxylic acids is 1. The molecule has 21 heavy (non-hydrogen) atoms. The molecule has 6 heteroatoms. The highest BCUT2D eigenvalue weighted by atomic mass is 16.5. The van der Waals surface area contributed by atoms with Gasteiger partial charge < -0.3 is 14.7 Å². The van der Waals surface area contributed by atoms with Crippen LogP contribution in [0.15, 0.2) is 24.3 Å². The summed E-state index contributed by atoms with van der Waals surface area (Å²) in [4.78, 5) is 22.3. The average molecular weight is 287 g/mol. The van der Waals surface area contributed by atoms with Gasteiger partial charge in [-0.15, -0.1) is 0 Å². The van der Waals surface area contributed by atoms with Crippen LogP contribution in [0.5, 0.6) is 0 Å². The normalized spacial score (nSPS) is 18.9. The molecule has 1 saturated heterocycles. The SMILES string of the molecule is Cc1nc2ccccc2nc1N1CCOCC1CC(=O)O. The number of rotatable bonds is 3. The van der Waals surface area contributed by atoms with Gasteiger partial charge in [0.2, 0.25) is 0 Å². The number of anilines is 1. The van der Waals surface area contributed by atoms with Crippen molar-refractivity contribution in [2.24, 2.45) is 0 Å². The summed E-state index contributed by atoms with van der Waals surface area (Å²) in [5.41, 5.74) is 2.48. The zero-order valence-corrected chi connectivity index (χ0v) is 11.8. The van der Waals surface area contributed by atoms with Crippen molar-refractivity contribution in [1.82, 2.24) is 9.97 Å². The lowest BCUT2D eigenvalue weighted by Gasteiger charge is -2.36. The van der Waals surface area contributed by atoms with Crippen LogP contribution in [-0.4, -0.2) is 46.8 Å². The summed E-state index contributed by atoms with van der Waals surface area (Å²) in [5, 5.41) is 9.05. The molecule has 0 radical (unpaired) electrons. The standard InChI is InChI=1S/C15H17N3O3/c1-10-15(17-13-5-3-2-4-12(13)16-10)18-6-7-21-9-11(18)8-14(19)20/h2-5,11H,6-9H2,1H3,(H,19,20). The second kappa shape index (κ2) is 5.65. The van der Waals surface area contributed by atoms with Gasteiger partial charge in [-0.1, -0.05) is 12.1 Å². The van der Waals surface area contributed by atoms with Crippen LogP contribution in [0.25, 0.3) is 11.0 Å². The zero-order valence-electron chi connectivity index (χ0n) is 11.8. The molecule has 6 nitrogen and oxygen atoms in total. The third-order valence-electron chi connectivity index (χ3n) is 3.63. The highest BCUT2D eigenvalue weighted by Gasteiger charge is 2.28. The third kappa shape index (κ3) is 2.80. The molecule has 0 bridgehead atoms. The Labute approximate surface area is 122 Å². The topological polar surface area (TPSA) is 75.5 Å². The molecule has 1 aromatic carbocycles. The van der Waals surface area contributed by atoms with Crippen molar-refractivity contribution in [2.45, 2.75) is 19.4 Å². The predicted molar refractivity (Wildman–Crippen MR) is 78.5 cm³/mol. The van der Waals surface area contributed by atoms with Crippen LogP contribution < -0.4 is 4.90 Å². The van der Waals surface area contributed by atoms with E-state index in [1.165, 1.54) is 0 Å². The minimum Gasteiger partial charge on any atom is -0.481 e. The average Bonchev–Trinajstić information content (AvgIpc) is 2.47. The number of hydrogen-bond acceptors (Lipinski definition) is 5. The van der Waals surface area contributed by atoms with Crippen LogP contribution in [0.4, 0.5) is 5.82 Å². The molecule has 0 spiro atoms. The largest absolute Gasteiger partial charge is 0.481 e. The van der Waals surface area contributed by atoms with Crippen LogP contribution in [-0.2, 0) is 9.53 Å². The fourth-order valence-electron chi connectivity index (χ4n) is 2.66. The van der Waals surface area contributed by atoms with Crippen LogP contribution in [0.3, 0.4) is 0 Å². The molecule has 1 unspecified atom stereocenters. The van der Waals surface area contributed by atoms with Gasteiger partial charge in [0.15, 0.2) is 5.82 Å². The van der Waals surface area contributed by atoms with E-state index in [1.807, 2.05) is 36.1 Å². The Morgan fingerprint density at radius 1 is 1.38 bits per heavy atom. The molecule has 1 aromatic heterocycles. The van der Waals surface area contributed by atoms with Crippen molar-refractivity contribution in [3.05, 3.63) is 30.0 Å². The number of carbonyl (C=O) groups is 1. The maximum Gasteiger partial charge on any atom is 0.305 e. The van der Waals surface area contributed by atoms with Gasteiger partial charge in [-0.25, -0.2) is 9.97 Å². The molecule has 0 amide bonds. The first kappa shape index (κ1) is 13.8. The highest BCUT2D eigenvalue weighted by molar-refractivity contribution is 5.76. The molecular formula is C15H17N3O3. The minimum absolute atomic E-state index is 0.0357. The van der Waals surface area contributed by atoms with E-state index in [0.29, 0.717) is 19.8 Å². The van der Waals surface area contributed by atoms with Crippen molar-refractivity contribution in [1.29, 1.82) is 0 Å². The van der Waals surface area contributed by atoms with E-state index in [2.05, 4.69) is 9.97 Å². The van der Waals surface area contributed by atoms with E-state index in [0.717, 1.165) is 22.5 Å². The first-order valence-electron chi connectivity index (χ1n) is 6.94. The van der Waals surface area contributed by atoms with Gasteiger partial charge in [0.25, 0.3) is 0 Å². The Morgan fingerprint density at radius 2 is 2.10 bits per heavy atom. The number of para-hydroxylation sites is 2. The number of nitrogens with zero attached hydrogens (tertiary/aromatic N) is 3. The molecule has 0 aliphatic carbocycles.